The zero-order valence-corrected chi connectivity index (χ0v) is 14.1. The molecule has 1 atom stereocenters. The molecule has 4 nitrogen and oxygen atoms in total. The fraction of sp³-hybridized carbons (Fsp3) is 1.00. The summed E-state index contributed by atoms with van der Waals surface area (Å²) in [6.07, 6.45) is 0.972. The largest absolute Gasteiger partial charge is 0.379 e. The third-order valence-corrected chi connectivity index (χ3v) is 3.50. The lowest BCUT2D eigenvalue weighted by atomic mass is 9.97. The molecule has 0 aromatic carbocycles. The van der Waals surface area contributed by atoms with E-state index in [1.165, 1.54) is 0 Å². The van der Waals surface area contributed by atoms with E-state index >= 15 is 0 Å². The van der Waals surface area contributed by atoms with Gasteiger partial charge in [-0.2, -0.15) is 0 Å². The Balaban J connectivity index is 4.66. The summed E-state index contributed by atoms with van der Waals surface area (Å²) in [6.45, 7) is 12.7. The molecule has 0 fully saturated rings. The highest BCUT2D eigenvalue weighted by Crippen LogP contribution is 2.19. The molecule has 116 valence electrons. The van der Waals surface area contributed by atoms with Crippen molar-refractivity contribution in [3.8, 4) is 0 Å². The van der Waals surface area contributed by atoms with Crippen molar-refractivity contribution in [1.29, 1.82) is 0 Å². The van der Waals surface area contributed by atoms with Gasteiger partial charge in [0.15, 0.2) is 0 Å². The van der Waals surface area contributed by atoms with Crippen LogP contribution in [-0.4, -0.2) is 68.8 Å². The van der Waals surface area contributed by atoms with Crippen molar-refractivity contribution in [3.63, 3.8) is 0 Å². The normalized spacial score (nSPS) is 14.7. The summed E-state index contributed by atoms with van der Waals surface area (Å²) >= 11 is 0. The Kier molecular flexibility index (Phi) is 8.83. The van der Waals surface area contributed by atoms with Crippen LogP contribution in [0.15, 0.2) is 0 Å². The van der Waals surface area contributed by atoms with Crippen molar-refractivity contribution in [2.24, 2.45) is 11.7 Å². The van der Waals surface area contributed by atoms with Crippen molar-refractivity contribution >= 4 is 0 Å². The SMILES string of the molecule is COC(C)(C)CC(CN)N(CCN(C)C)CC(C)C. The molecule has 0 aliphatic rings. The molecule has 0 rings (SSSR count). The molecule has 0 spiro atoms. The number of rotatable bonds is 10. The van der Waals surface area contributed by atoms with Gasteiger partial charge in [0.1, 0.15) is 0 Å². The first-order valence-electron chi connectivity index (χ1n) is 7.35. The van der Waals surface area contributed by atoms with Gasteiger partial charge in [-0.1, -0.05) is 13.8 Å². The lowest BCUT2D eigenvalue weighted by Gasteiger charge is -2.37. The van der Waals surface area contributed by atoms with Gasteiger partial charge in [0, 0.05) is 39.3 Å². The Morgan fingerprint density at radius 1 is 1.16 bits per heavy atom. The van der Waals surface area contributed by atoms with E-state index in [4.69, 9.17) is 10.5 Å². The molecule has 0 saturated heterocycles. The first kappa shape index (κ1) is 18.8. The van der Waals surface area contributed by atoms with Gasteiger partial charge in [0.25, 0.3) is 0 Å². The molecule has 4 heteroatoms. The number of hydrogen-bond donors (Lipinski definition) is 1. The molecule has 0 aromatic rings. The third kappa shape index (κ3) is 8.58. The van der Waals surface area contributed by atoms with E-state index in [1.807, 2.05) is 0 Å². The molecule has 0 saturated carbocycles. The van der Waals surface area contributed by atoms with Gasteiger partial charge in [-0.05, 0) is 40.3 Å². The number of ether oxygens (including phenoxy) is 1. The van der Waals surface area contributed by atoms with E-state index in [0.29, 0.717) is 18.5 Å². The van der Waals surface area contributed by atoms with Crippen LogP contribution in [0.5, 0.6) is 0 Å². The van der Waals surface area contributed by atoms with Gasteiger partial charge in [-0.15, -0.1) is 0 Å². The fourth-order valence-electron chi connectivity index (χ4n) is 2.23. The molecule has 0 heterocycles. The first-order chi connectivity index (χ1) is 8.71. The second-order valence-corrected chi connectivity index (χ2v) is 6.75. The van der Waals surface area contributed by atoms with Gasteiger partial charge >= 0.3 is 0 Å². The minimum Gasteiger partial charge on any atom is -0.379 e. The summed E-state index contributed by atoms with van der Waals surface area (Å²) in [4.78, 5) is 4.74. The topological polar surface area (TPSA) is 41.7 Å². The van der Waals surface area contributed by atoms with Crippen LogP contribution in [0.1, 0.15) is 34.1 Å². The minimum atomic E-state index is -0.114. The Hall–Kier alpha value is -0.160. The lowest BCUT2D eigenvalue weighted by Crippen LogP contribution is -2.48. The average molecular weight is 273 g/mol. The van der Waals surface area contributed by atoms with Gasteiger partial charge in [-0.25, -0.2) is 0 Å². The Bertz CT molecular complexity index is 229. The number of likely N-dealkylation sites (N-methyl/N-ethyl adjacent to an activating group) is 1. The number of nitrogens with zero attached hydrogens (tertiary/aromatic N) is 2. The van der Waals surface area contributed by atoms with Crippen LogP contribution in [0.4, 0.5) is 0 Å². The highest BCUT2D eigenvalue weighted by Gasteiger charge is 2.26. The van der Waals surface area contributed by atoms with Crippen LogP contribution >= 0.6 is 0 Å². The molecule has 0 aliphatic heterocycles. The van der Waals surface area contributed by atoms with Crippen LogP contribution in [0.25, 0.3) is 0 Å². The lowest BCUT2D eigenvalue weighted by molar-refractivity contribution is -0.00976. The fourth-order valence-corrected chi connectivity index (χ4v) is 2.23. The van der Waals surface area contributed by atoms with Crippen LogP contribution in [0.2, 0.25) is 0 Å². The maximum absolute atomic E-state index is 6.01. The standard InChI is InChI=1S/C15H35N3O/c1-13(2)12-18(9-8-17(5)6)14(11-16)10-15(3,4)19-7/h13-14H,8-12,16H2,1-7H3. The van der Waals surface area contributed by atoms with E-state index in [-0.39, 0.29) is 5.60 Å². The summed E-state index contributed by atoms with van der Waals surface area (Å²) in [5, 5.41) is 0. The zero-order chi connectivity index (χ0) is 15.1. The summed E-state index contributed by atoms with van der Waals surface area (Å²) in [6, 6.07) is 0.386. The zero-order valence-electron chi connectivity index (χ0n) is 14.1. The highest BCUT2D eigenvalue weighted by molar-refractivity contribution is 4.82. The smallest absolute Gasteiger partial charge is 0.0638 e. The van der Waals surface area contributed by atoms with Crippen LogP contribution in [-0.2, 0) is 4.74 Å². The number of methoxy groups -OCH3 is 1. The maximum Gasteiger partial charge on any atom is 0.0638 e. The molecular weight excluding hydrogens is 238 g/mol. The quantitative estimate of drug-likeness (QED) is 0.657. The van der Waals surface area contributed by atoms with Gasteiger partial charge in [0.05, 0.1) is 5.60 Å². The summed E-state index contributed by atoms with van der Waals surface area (Å²) in [5.74, 6) is 0.655. The molecule has 0 radical (unpaired) electrons. The Labute approximate surface area is 120 Å². The maximum atomic E-state index is 6.01. The van der Waals surface area contributed by atoms with Crippen LogP contribution in [0.3, 0.4) is 0 Å². The van der Waals surface area contributed by atoms with E-state index < -0.39 is 0 Å². The van der Waals surface area contributed by atoms with Crippen molar-refractivity contribution in [2.45, 2.75) is 45.8 Å². The molecule has 19 heavy (non-hydrogen) atoms. The predicted molar refractivity (Wildman–Crippen MR) is 83.5 cm³/mol. The Morgan fingerprint density at radius 3 is 2.11 bits per heavy atom. The van der Waals surface area contributed by atoms with Crippen LogP contribution in [0, 0.1) is 5.92 Å². The van der Waals surface area contributed by atoms with Gasteiger partial charge in [-0.3, -0.25) is 4.90 Å². The Morgan fingerprint density at radius 2 is 1.74 bits per heavy atom. The number of nitrogens with two attached hydrogens (primary N) is 1. The van der Waals surface area contributed by atoms with Crippen molar-refractivity contribution in [2.75, 3.05) is 47.4 Å². The highest BCUT2D eigenvalue weighted by atomic mass is 16.5. The molecule has 0 amide bonds. The third-order valence-electron chi connectivity index (χ3n) is 3.50. The summed E-state index contributed by atoms with van der Waals surface area (Å²) in [5.41, 5.74) is 5.89. The summed E-state index contributed by atoms with van der Waals surface area (Å²) in [7, 11) is 6.01. The van der Waals surface area contributed by atoms with E-state index in [0.717, 1.165) is 26.1 Å². The second-order valence-electron chi connectivity index (χ2n) is 6.75. The minimum absolute atomic E-state index is 0.114. The first-order valence-corrected chi connectivity index (χ1v) is 7.35. The average Bonchev–Trinajstić information content (AvgIpc) is 2.31. The van der Waals surface area contributed by atoms with Crippen molar-refractivity contribution in [3.05, 3.63) is 0 Å². The van der Waals surface area contributed by atoms with Gasteiger partial charge in [0.2, 0.25) is 0 Å². The number of hydrogen-bond acceptors (Lipinski definition) is 4. The molecule has 2 N–H and O–H groups in total. The van der Waals surface area contributed by atoms with Crippen LogP contribution < -0.4 is 5.73 Å². The van der Waals surface area contributed by atoms with E-state index in [1.54, 1.807) is 7.11 Å². The predicted octanol–water partition coefficient (Wildman–Crippen LogP) is 1.65. The van der Waals surface area contributed by atoms with Crippen molar-refractivity contribution < 1.29 is 4.74 Å². The monoisotopic (exact) mass is 273 g/mol. The molecular formula is C15H35N3O. The van der Waals surface area contributed by atoms with E-state index in [9.17, 15) is 0 Å². The summed E-state index contributed by atoms with van der Waals surface area (Å²) < 4.78 is 5.56. The van der Waals surface area contributed by atoms with Gasteiger partial charge < -0.3 is 15.4 Å². The second kappa shape index (κ2) is 8.90. The molecule has 0 aliphatic carbocycles. The molecule has 1 unspecified atom stereocenters. The van der Waals surface area contributed by atoms with E-state index in [2.05, 4.69) is 51.6 Å². The molecule has 0 bridgehead atoms. The van der Waals surface area contributed by atoms with Crippen molar-refractivity contribution in [1.82, 2.24) is 9.80 Å². The molecule has 0 aromatic heterocycles.